The van der Waals surface area contributed by atoms with Gasteiger partial charge in [-0.1, -0.05) is 0 Å². The van der Waals surface area contributed by atoms with Crippen molar-refractivity contribution in [1.29, 1.82) is 0 Å². The average molecular weight is 285 g/mol. The van der Waals surface area contributed by atoms with Gasteiger partial charge in [-0.15, -0.1) is 0 Å². The van der Waals surface area contributed by atoms with Crippen molar-refractivity contribution < 1.29 is 13.2 Å². The Morgan fingerprint density at radius 1 is 1.26 bits per heavy atom. The molecule has 1 fully saturated rings. The second-order valence-corrected chi connectivity index (χ2v) is 6.30. The number of anilines is 1. The SMILES string of the molecule is CNS(=O)(=O)c1ccc(NC2CNC[C@@H]2OC)cc1. The van der Waals surface area contributed by atoms with Crippen LogP contribution in [0.15, 0.2) is 29.2 Å². The van der Waals surface area contributed by atoms with Crippen LogP contribution in [0.25, 0.3) is 0 Å². The van der Waals surface area contributed by atoms with E-state index in [0.717, 1.165) is 18.8 Å². The van der Waals surface area contributed by atoms with Gasteiger partial charge >= 0.3 is 0 Å². The first-order chi connectivity index (χ1) is 9.06. The van der Waals surface area contributed by atoms with Gasteiger partial charge in [0.15, 0.2) is 0 Å². The average Bonchev–Trinajstić information content (AvgIpc) is 2.86. The summed E-state index contributed by atoms with van der Waals surface area (Å²) in [7, 11) is -0.285. The van der Waals surface area contributed by atoms with Crippen molar-refractivity contribution in [3.63, 3.8) is 0 Å². The molecule has 1 aromatic carbocycles. The van der Waals surface area contributed by atoms with Crippen LogP contribution in [-0.2, 0) is 14.8 Å². The van der Waals surface area contributed by atoms with E-state index in [0.29, 0.717) is 0 Å². The van der Waals surface area contributed by atoms with Crippen molar-refractivity contribution in [2.75, 3.05) is 32.6 Å². The van der Waals surface area contributed by atoms with Gasteiger partial charge in [-0.3, -0.25) is 0 Å². The van der Waals surface area contributed by atoms with E-state index < -0.39 is 10.0 Å². The fraction of sp³-hybridized carbons (Fsp3) is 0.500. The van der Waals surface area contributed by atoms with E-state index in [1.165, 1.54) is 7.05 Å². The first-order valence-electron chi connectivity index (χ1n) is 6.10. The molecule has 0 radical (unpaired) electrons. The molecule has 2 rings (SSSR count). The maximum atomic E-state index is 11.6. The molecule has 2 atom stereocenters. The van der Waals surface area contributed by atoms with Crippen LogP contribution < -0.4 is 15.4 Å². The van der Waals surface area contributed by atoms with Crippen LogP contribution in [0.4, 0.5) is 5.69 Å². The predicted molar refractivity (Wildman–Crippen MR) is 73.8 cm³/mol. The lowest BCUT2D eigenvalue weighted by molar-refractivity contribution is 0.111. The summed E-state index contributed by atoms with van der Waals surface area (Å²) in [5, 5.41) is 6.58. The molecule has 0 amide bonds. The maximum Gasteiger partial charge on any atom is 0.240 e. The van der Waals surface area contributed by atoms with E-state index in [1.54, 1.807) is 31.4 Å². The minimum Gasteiger partial charge on any atom is -0.378 e. The number of ether oxygens (including phenoxy) is 1. The van der Waals surface area contributed by atoms with Gasteiger partial charge in [-0.25, -0.2) is 13.1 Å². The molecule has 7 heteroatoms. The molecule has 1 unspecified atom stereocenters. The molecule has 0 saturated carbocycles. The van der Waals surface area contributed by atoms with E-state index >= 15 is 0 Å². The smallest absolute Gasteiger partial charge is 0.240 e. The summed E-state index contributed by atoms with van der Waals surface area (Å²) in [6.07, 6.45) is 0.126. The van der Waals surface area contributed by atoms with Crippen LogP contribution >= 0.6 is 0 Å². The fourth-order valence-corrected chi connectivity index (χ4v) is 2.84. The highest BCUT2D eigenvalue weighted by atomic mass is 32.2. The molecule has 19 heavy (non-hydrogen) atoms. The number of hydrogen-bond donors (Lipinski definition) is 3. The minimum absolute atomic E-state index is 0.126. The number of methoxy groups -OCH3 is 1. The highest BCUT2D eigenvalue weighted by molar-refractivity contribution is 7.89. The number of rotatable bonds is 5. The summed E-state index contributed by atoms with van der Waals surface area (Å²) in [4.78, 5) is 0.258. The van der Waals surface area contributed by atoms with Crippen LogP contribution in [0, 0.1) is 0 Å². The van der Waals surface area contributed by atoms with Crippen LogP contribution in [0.5, 0.6) is 0 Å². The molecule has 1 aromatic rings. The molecule has 1 heterocycles. The van der Waals surface area contributed by atoms with Crippen molar-refractivity contribution in [3.05, 3.63) is 24.3 Å². The van der Waals surface area contributed by atoms with Gasteiger partial charge in [0.25, 0.3) is 0 Å². The third-order valence-corrected chi connectivity index (χ3v) is 4.68. The molecule has 106 valence electrons. The normalized spacial score (nSPS) is 23.5. The fourth-order valence-electron chi connectivity index (χ4n) is 2.11. The highest BCUT2D eigenvalue weighted by Crippen LogP contribution is 2.16. The number of benzene rings is 1. The molecule has 1 aliphatic heterocycles. The lowest BCUT2D eigenvalue weighted by atomic mass is 10.2. The van der Waals surface area contributed by atoms with Gasteiger partial charge < -0.3 is 15.4 Å². The third kappa shape index (κ3) is 3.24. The zero-order valence-electron chi connectivity index (χ0n) is 11.0. The van der Waals surface area contributed by atoms with E-state index in [-0.39, 0.29) is 17.0 Å². The Labute approximate surface area is 113 Å². The Morgan fingerprint density at radius 3 is 2.53 bits per heavy atom. The van der Waals surface area contributed by atoms with Gasteiger partial charge in [-0.2, -0.15) is 0 Å². The van der Waals surface area contributed by atoms with Crippen LogP contribution in [0.3, 0.4) is 0 Å². The van der Waals surface area contributed by atoms with Crippen molar-refractivity contribution in [2.45, 2.75) is 17.0 Å². The second kappa shape index (κ2) is 5.87. The summed E-state index contributed by atoms with van der Waals surface area (Å²) in [5.41, 5.74) is 0.880. The van der Waals surface area contributed by atoms with Crippen LogP contribution in [0.2, 0.25) is 0 Å². The lowest BCUT2D eigenvalue weighted by Gasteiger charge is -2.19. The van der Waals surface area contributed by atoms with Crippen molar-refractivity contribution >= 4 is 15.7 Å². The molecule has 1 aliphatic rings. The Hall–Kier alpha value is -1.15. The Bertz CT molecular complexity index is 516. The van der Waals surface area contributed by atoms with Crippen molar-refractivity contribution in [2.24, 2.45) is 0 Å². The summed E-state index contributed by atoms with van der Waals surface area (Å²) in [5.74, 6) is 0. The lowest BCUT2D eigenvalue weighted by Crippen LogP contribution is -2.33. The standard InChI is InChI=1S/C12H19N3O3S/c1-13-19(16,17)10-5-3-9(4-6-10)15-11-7-14-8-12(11)18-2/h3-6,11-15H,7-8H2,1-2H3/t11?,12-/m0/s1. The second-order valence-electron chi connectivity index (χ2n) is 4.42. The molecule has 0 spiro atoms. The number of nitrogens with one attached hydrogen (secondary N) is 3. The van der Waals surface area contributed by atoms with E-state index in [2.05, 4.69) is 15.4 Å². The Balaban J connectivity index is 2.07. The molecule has 0 bridgehead atoms. The molecule has 0 aromatic heterocycles. The number of hydrogen-bond acceptors (Lipinski definition) is 5. The summed E-state index contributed by atoms with van der Waals surface area (Å²) in [6.45, 7) is 1.65. The topological polar surface area (TPSA) is 79.5 Å². The number of sulfonamides is 1. The molecular weight excluding hydrogens is 266 g/mol. The third-order valence-electron chi connectivity index (χ3n) is 3.25. The first-order valence-corrected chi connectivity index (χ1v) is 7.59. The predicted octanol–water partition coefficient (Wildman–Crippen LogP) is -0.00660. The monoisotopic (exact) mass is 285 g/mol. The maximum absolute atomic E-state index is 11.6. The van der Waals surface area contributed by atoms with Gasteiger partial charge in [0, 0.05) is 25.9 Å². The Morgan fingerprint density at radius 2 is 1.95 bits per heavy atom. The van der Waals surface area contributed by atoms with Crippen LogP contribution in [0.1, 0.15) is 0 Å². The van der Waals surface area contributed by atoms with E-state index in [9.17, 15) is 8.42 Å². The van der Waals surface area contributed by atoms with Crippen LogP contribution in [-0.4, -0.2) is 47.8 Å². The molecule has 1 saturated heterocycles. The van der Waals surface area contributed by atoms with E-state index in [1.807, 2.05) is 0 Å². The zero-order valence-corrected chi connectivity index (χ0v) is 11.8. The van der Waals surface area contributed by atoms with Crippen molar-refractivity contribution in [1.82, 2.24) is 10.0 Å². The molecule has 0 aliphatic carbocycles. The Kier molecular flexibility index (Phi) is 4.41. The largest absolute Gasteiger partial charge is 0.378 e. The van der Waals surface area contributed by atoms with Crippen molar-refractivity contribution in [3.8, 4) is 0 Å². The minimum atomic E-state index is -3.37. The highest BCUT2D eigenvalue weighted by Gasteiger charge is 2.26. The van der Waals surface area contributed by atoms with Gasteiger partial charge in [0.2, 0.25) is 10.0 Å². The quantitative estimate of drug-likeness (QED) is 0.709. The van der Waals surface area contributed by atoms with E-state index in [4.69, 9.17) is 4.74 Å². The van der Waals surface area contributed by atoms with Gasteiger partial charge in [0.05, 0.1) is 17.0 Å². The first kappa shape index (κ1) is 14.3. The molecule has 6 nitrogen and oxygen atoms in total. The summed E-state index contributed by atoms with van der Waals surface area (Å²) >= 11 is 0. The van der Waals surface area contributed by atoms with Gasteiger partial charge in [-0.05, 0) is 31.3 Å². The summed E-state index contributed by atoms with van der Waals surface area (Å²) in [6, 6.07) is 6.87. The van der Waals surface area contributed by atoms with Gasteiger partial charge in [0.1, 0.15) is 0 Å². The summed E-state index contributed by atoms with van der Waals surface area (Å²) < 4.78 is 30.8. The molecular formula is C12H19N3O3S. The molecule has 3 N–H and O–H groups in total. The zero-order chi connectivity index (χ0) is 13.9.